The zero-order valence-electron chi connectivity index (χ0n) is 9.62. The lowest BCUT2D eigenvalue weighted by molar-refractivity contribution is -0.143. The topological polar surface area (TPSA) is 35.5 Å². The van der Waals surface area contributed by atoms with Crippen LogP contribution in [-0.4, -0.2) is 35.9 Å². The van der Waals surface area contributed by atoms with Crippen molar-refractivity contribution in [1.29, 1.82) is 0 Å². The van der Waals surface area contributed by atoms with E-state index in [9.17, 15) is 4.79 Å². The largest absolute Gasteiger partial charge is 0.464 e. The van der Waals surface area contributed by atoms with Gasteiger partial charge in [-0.2, -0.15) is 0 Å². The Labute approximate surface area is 87.7 Å². The van der Waals surface area contributed by atoms with Crippen molar-refractivity contribution < 1.29 is 13.7 Å². The van der Waals surface area contributed by atoms with Crippen molar-refractivity contribution in [3.63, 3.8) is 0 Å². The predicted octanol–water partition coefficient (Wildman–Crippen LogP) is 2.10. The molecule has 3 nitrogen and oxygen atoms in total. The Balaban J connectivity index is 2.63. The van der Waals surface area contributed by atoms with Crippen LogP contribution >= 0.6 is 10.3 Å². The van der Waals surface area contributed by atoms with E-state index in [4.69, 9.17) is 8.92 Å². The minimum Gasteiger partial charge on any atom is -0.464 e. The highest BCUT2D eigenvalue weighted by atomic mass is 32.3. The first kappa shape index (κ1) is 11.9. The molecule has 0 bridgehead atoms. The lowest BCUT2D eigenvalue weighted by Crippen LogP contribution is -2.30. The maximum Gasteiger partial charge on any atom is 0.336 e. The average molecular weight is 220 g/mol. The SMILES string of the molecule is CC(C)(C)S(C)(C)OC1CCOC1=O. The first-order valence-corrected chi connectivity index (χ1v) is 7.19. The van der Waals surface area contributed by atoms with Gasteiger partial charge < -0.3 is 8.92 Å². The number of rotatable bonds is 2. The highest BCUT2D eigenvalue weighted by Crippen LogP contribution is 2.55. The van der Waals surface area contributed by atoms with Crippen molar-refractivity contribution in [2.24, 2.45) is 0 Å². The molecular weight excluding hydrogens is 200 g/mol. The summed E-state index contributed by atoms with van der Waals surface area (Å²) < 4.78 is 10.9. The summed E-state index contributed by atoms with van der Waals surface area (Å²) in [7, 11) is -1.21. The highest BCUT2D eigenvalue weighted by molar-refractivity contribution is 8.29. The molecule has 1 rings (SSSR count). The average Bonchev–Trinajstić information content (AvgIpc) is 2.33. The summed E-state index contributed by atoms with van der Waals surface area (Å²) in [5.41, 5.74) is 0. The van der Waals surface area contributed by atoms with Gasteiger partial charge in [-0.1, -0.05) is 20.8 Å². The van der Waals surface area contributed by atoms with Gasteiger partial charge in [-0.25, -0.2) is 4.79 Å². The van der Waals surface area contributed by atoms with Crippen LogP contribution in [-0.2, 0) is 13.7 Å². The molecule has 0 aromatic rings. The Kier molecular flexibility index (Phi) is 3.17. The molecule has 14 heavy (non-hydrogen) atoms. The fraction of sp³-hybridized carbons (Fsp3) is 0.900. The van der Waals surface area contributed by atoms with Gasteiger partial charge in [-0.05, 0) is 12.5 Å². The van der Waals surface area contributed by atoms with Crippen molar-refractivity contribution in [1.82, 2.24) is 0 Å². The van der Waals surface area contributed by atoms with E-state index in [0.29, 0.717) is 13.0 Å². The van der Waals surface area contributed by atoms with Crippen LogP contribution in [0, 0.1) is 0 Å². The summed E-state index contributed by atoms with van der Waals surface area (Å²) in [4.78, 5) is 11.2. The van der Waals surface area contributed by atoms with Crippen molar-refractivity contribution in [2.75, 3.05) is 19.1 Å². The maximum atomic E-state index is 11.2. The number of hydrogen-bond donors (Lipinski definition) is 0. The number of cyclic esters (lactones) is 1. The van der Waals surface area contributed by atoms with Crippen LogP contribution in [0.4, 0.5) is 0 Å². The normalized spacial score (nSPS) is 24.9. The second kappa shape index (κ2) is 3.74. The zero-order chi connectivity index (χ0) is 11.0. The molecule has 0 N–H and O–H groups in total. The van der Waals surface area contributed by atoms with Crippen LogP contribution in [0.2, 0.25) is 0 Å². The smallest absolute Gasteiger partial charge is 0.336 e. The van der Waals surface area contributed by atoms with Crippen LogP contribution in [0.15, 0.2) is 0 Å². The first-order chi connectivity index (χ1) is 6.24. The van der Waals surface area contributed by atoms with Crippen molar-refractivity contribution in [3.8, 4) is 0 Å². The van der Waals surface area contributed by atoms with Crippen molar-refractivity contribution in [3.05, 3.63) is 0 Å². The second-order valence-electron chi connectivity index (χ2n) is 4.89. The molecule has 1 unspecified atom stereocenters. The first-order valence-electron chi connectivity index (χ1n) is 4.82. The second-order valence-corrected chi connectivity index (χ2v) is 8.77. The van der Waals surface area contributed by atoms with Crippen molar-refractivity contribution in [2.45, 2.75) is 38.0 Å². The van der Waals surface area contributed by atoms with Gasteiger partial charge in [0.05, 0.1) is 6.61 Å². The standard InChI is InChI=1S/C10H20O3S/c1-10(2,3)14(4,5)13-8-6-7-12-9(8)11/h8H,6-7H2,1-5H3. The quantitative estimate of drug-likeness (QED) is 0.668. The number of esters is 1. The van der Waals surface area contributed by atoms with Crippen LogP contribution in [0.1, 0.15) is 27.2 Å². The summed E-state index contributed by atoms with van der Waals surface area (Å²) >= 11 is 0. The molecule has 0 aromatic carbocycles. The molecular formula is C10H20O3S. The van der Waals surface area contributed by atoms with E-state index in [1.807, 2.05) is 0 Å². The van der Waals surface area contributed by atoms with Gasteiger partial charge >= 0.3 is 5.97 Å². The Morgan fingerprint density at radius 2 is 2.00 bits per heavy atom. The predicted molar refractivity (Wildman–Crippen MR) is 59.6 cm³/mol. The lowest BCUT2D eigenvalue weighted by atomic mass is 10.3. The molecule has 1 aliphatic rings. The molecule has 0 saturated carbocycles. The monoisotopic (exact) mass is 220 g/mol. The van der Waals surface area contributed by atoms with E-state index in [1.54, 1.807) is 0 Å². The van der Waals surface area contributed by atoms with Crippen LogP contribution < -0.4 is 0 Å². The van der Waals surface area contributed by atoms with Crippen molar-refractivity contribution >= 4 is 16.3 Å². The van der Waals surface area contributed by atoms with Gasteiger partial charge in [-0.3, -0.25) is 0 Å². The Morgan fingerprint density at radius 3 is 2.36 bits per heavy atom. The third kappa shape index (κ3) is 2.42. The van der Waals surface area contributed by atoms with Gasteiger partial charge in [0.15, 0.2) is 6.10 Å². The van der Waals surface area contributed by atoms with E-state index >= 15 is 0 Å². The zero-order valence-corrected chi connectivity index (χ0v) is 10.4. The summed E-state index contributed by atoms with van der Waals surface area (Å²) in [6, 6.07) is 0. The molecule has 84 valence electrons. The molecule has 0 aromatic heterocycles. The van der Waals surface area contributed by atoms with Gasteiger partial charge in [0.2, 0.25) is 0 Å². The van der Waals surface area contributed by atoms with Gasteiger partial charge in [0, 0.05) is 11.2 Å². The summed E-state index contributed by atoms with van der Waals surface area (Å²) in [5.74, 6) is -0.199. The van der Waals surface area contributed by atoms with Gasteiger partial charge in [-0.15, -0.1) is 10.3 Å². The molecule has 0 radical (unpaired) electrons. The molecule has 1 atom stereocenters. The number of carbonyl (C=O) groups is 1. The van der Waals surface area contributed by atoms with E-state index in [-0.39, 0.29) is 16.8 Å². The van der Waals surface area contributed by atoms with E-state index < -0.39 is 10.3 Å². The molecule has 4 heteroatoms. The molecule has 0 aliphatic carbocycles. The summed E-state index contributed by atoms with van der Waals surface area (Å²) in [5, 5.41) is 0. The number of hydrogen-bond acceptors (Lipinski definition) is 3. The summed E-state index contributed by atoms with van der Waals surface area (Å²) in [6.45, 7) is 6.93. The van der Waals surface area contributed by atoms with E-state index in [1.165, 1.54) is 0 Å². The third-order valence-corrected chi connectivity index (χ3v) is 6.38. The van der Waals surface area contributed by atoms with Crippen LogP contribution in [0.5, 0.6) is 0 Å². The van der Waals surface area contributed by atoms with E-state index in [2.05, 4.69) is 33.3 Å². The Bertz CT molecular complexity index is 230. The Morgan fingerprint density at radius 1 is 1.43 bits per heavy atom. The Hall–Kier alpha value is -0.220. The van der Waals surface area contributed by atoms with Gasteiger partial charge in [0.25, 0.3) is 0 Å². The van der Waals surface area contributed by atoms with E-state index in [0.717, 1.165) is 0 Å². The van der Waals surface area contributed by atoms with Gasteiger partial charge in [0.1, 0.15) is 0 Å². The highest BCUT2D eigenvalue weighted by Gasteiger charge is 2.36. The fourth-order valence-electron chi connectivity index (χ4n) is 0.999. The van der Waals surface area contributed by atoms with Crippen LogP contribution in [0.25, 0.3) is 0 Å². The lowest BCUT2D eigenvalue weighted by Gasteiger charge is -2.44. The molecule has 1 saturated heterocycles. The maximum absolute atomic E-state index is 11.2. The minimum absolute atomic E-state index is 0.0931. The molecule has 0 amide bonds. The minimum atomic E-state index is -1.21. The molecule has 1 heterocycles. The third-order valence-electron chi connectivity index (χ3n) is 2.72. The number of ether oxygens (including phenoxy) is 1. The molecule has 0 spiro atoms. The fourth-order valence-corrected chi connectivity index (χ4v) is 2.04. The van der Waals surface area contributed by atoms with Crippen LogP contribution in [0.3, 0.4) is 0 Å². The molecule has 1 fully saturated rings. The number of carbonyl (C=O) groups excluding carboxylic acids is 1. The molecule has 1 aliphatic heterocycles. The summed E-state index contributed by atoms with van der Waals surface area (Å²) in [6.07, 6.45) is 4.56.